The number of hydrogen-bond donors (Lipinski definition) is 2. The summed E-state index contributed by atoms with van der Waals surface area (Å²) in [6, 6.07) is 17.2. The number of carbonyl (C=O) groups excluding carboxylic acids is 2. The standard InChI is InChI=1S/C19H22N2O3/c1-24-17-12-6-5-11-16(17)21-19(23)14-18(22)20-13-7-10-15-8-3-2-4-9-15/h2-6,8-9,11-12H,7,10,13-14H2,1H3,(H,20,22)(H,21,23). The van der Waals surface area contributed by atoms with Crippen LogP contribution in [0.25, 0.3) is 0 Å². The van der Waals surface area contributed by atoms with Crippen molar-refractivity contribution in [1.82, 2.24) is 5.32 Å². The molecule has 2 rings (SSSR count). The number of hydrogen-bond acceptors (Lipinski definition) is 3. The van der Waals surface area contributed by atoms with Crippen LogP contribution in [0, 0.1) is 0 Å². The molecule has 0 fully saturated rings. The molecule has 24 heavy (non-hydrogen) atoms. The molecule has 126 valence electrons. The second kappa shape index (κ2) is 9.35. The summed E-state index contributed by atoms with van der Waals surface area (Å²) in [7, 11) is 1.53. The number of carbonyl (C=O) groups is 2. The Morgan fingerprint density at radius 1 is 0.958 bits per heavy atom. The molecule has 0 aliphatic rings. The molecule has 2 aromatic carbocycles. The van der Waals surface area contributed by atoms with Crippen LogP contribution in [0.3, 0.4) is 0 Å². The van der Waals surface area contributed by atoms with Gasteiger partial charge >= 0.3 is 0 Å². The maximum absolute atomic E-state index is 11.9. The van der Waals surface area contributed by atoms with E-state index < -0.39 is 0 Å². The van der Waals surface area contributed by atoms with Gasteiger partial charge in [-0.3, -0.25) is 9.59 Å². The van der Waals surface area contributed by atoms with Crippen molar-refractivity contribution in [2.45, 2.75) is 19.3 Å². The topological polar surface area (TPSA) is 67.4 Å². The van der Waals surface area contributed by atoms with Crippen molar-refractivity contribution in [2.24, 2.45) is 0 Å². The summed E-state index contributed by atoms with van der Waals surface area (Å²) in [6.07, 6.45) is 1.53. The number of rotatable bonds is 8. The summed E-state index contributed by atoms with van der Waals surface area (Å²) in [5.74, 6) is -0.0790. The average Bonchev–Trinajstić information content (AvgIpc) is 2.60. The second-order valence-corrected chi connectivity index (χ2v) is 5.36. The molecule has 2 aromatic rings. The predicted molar refractivity (Wildman–Crippen MR) is 94.0 cm³/mol. The van der Waals surface area contributed by atoms with E-state index in [9.17, 15) is 9.59 Å². The lowest BCUT2D eigenvalue weighted by molar-refractivity contribution is -0.126. The smallest absolute Gasteiger partial charge is 0.233 e. The van der Waals surface area contributed by atoms with Gasteiger partial charge in [0.2, 0.25) is 11.8 Å². The van der Waals surface area contributed by atoms with Gasteiger partial charge in [-0.2, -0.15) is 0 Å². The quantitative estimate of drug-likeness (QED) is 0.579. The van der Waals surface area contributed by atoms with Crippen molar-refractivity contribution < 1.29 is 14.3 Å². The van der Waals surface area contributed by atoms with E-state index in [1.165, 1.54) is 12.7 Å². The Kier molecular flexibility index (Phi) is 6.83. The Bertz CT molecular complexity index is 671. The van der Waals surface area contributed by atoms with Crippen LogP contribution in [0.1, 0.15) is 18.4 Å². The Morgan fingerprint density at radius 2 is 1.67 bits per heavy atom. The van der Waals surface area contributed by atoms with Crippen LogP contribution < -0.4 is 15.4 Å². The lowest BCUT2D eigenvalue weighted by Crippen LogP contribution is -2.29. The highest BCUT2D eigenvalue weighted by molar-refractivity contribution is 6.04. The Labute approximate surface area is 142 Å². The van der Waals surface area contributed by atoms with E-state index in [0.717, 1.165) is 12.8 Å². The largest absolute Gasteiger partial charge is 0.495 e. The van der Waals surface area contributed by atoms with Crippen molar-refractivity contribution in [3.8, 4) is 5.75 Å². The van der Waals surface area contributed by atoms with Crippen molar-refractivity contribution in [1.29, 1.82) is 0 Å². The number of anilines is 1. The Balaban J connectivity index is 1.69. The van der Waals surface area contributed by atoms with E-state index in [1.54, 1.807) is 18.2 Å². The summed E-state index contributed by atoms with van der Waals surface area (Å²) in [5, 5.41) is 5.45. The van der Waals surface area contributed by atoms with Crippen molar-refractivity contribution in [2.75, 3.05) is 19.0 Å². The number of aryl methyl sites for hydroxylation is 1. The SMILES string of the molecule is COc1ccccc1NC(=O)CC(=O)NCCCc1ccccc1. The second-order valence-electron chi connectivity index (χ2n) is 5.36. The third kappa shape index (κ3) is 5.76. The van der Waals surface area contributed by atoms with Crippen LogP contribution in [0.5, 0.6) is 5.75 Å². The molecule has 0 radical (unpaired) electrons. The van der Waals surface area contributed by atoms with Crippen molar-refractivity contribution in [3.05, 3.63) is 60.2 Å². The molecule has 5 nitrogen and oxygen atoms in total. The molecule has 0 aliphatic carbocycles. The highest BCUT2D eigenvalue weighted by atomic mass is 16.5. The first kappa shape index (κ1) is 17.5. The van der Waals surface area contributed by atoms with Crippen LogP contribution in [-0.4, -0.2) is 25.5 Å². The van der Waals surface area contributed by atoms with E-state index in [4.69, 9.17) is 4.74 Å². The van der Waals surface area contributed by atoms with Gasteiger partial charge in [-0.1, -0.05) is 42.5 Å². The monoisotopic (exact) mass is 326 g/mol. The first-order valence-electron chi connectivity index (χ1n) is 7.92. The number of nitrogens with one attached hydrogen (secondary N) is 2. The highest BCUT2D eigenvalue weighted by Gasteiger charge is 2.11. The highest BCUT2D eigenvalue weighted by Crippen LogP contribution is 2.22. The Hall–Kier alpha value is -2.82. The third-order valence-corrected chi connectivity index (χ3v) is 3.51. The van der Waals surface area contributed by atoms with Gasteiger partial charge in [0.25, 0.3) is 0 Å². The molecule has 0 unspecified atom stereocenters. The van der Waals surface area contributed by atoms with Gasteiger partial charge in [0.1, 0.15) is 12.2 Å². The van der Waals surface area contributed by atoms with Crippen LogP contribution in [0.15, 0.2) is 54.6 Å². The van der Waals surface area contributed by atoms with Gasteiger partial charge in [-0.05, 0) is 30.5 Å². The van der Waals surface area contributed by atoms with Gasteiger partial charge in [-0.15, -0.1) is 0 Å². The zero-order valence-electron chi connectivity index (χ0n) is 13.7. The molecule has 0 saturated carbocycles. The van der Waals surface area contributed by atoms with E-state index >= 15 is 0 Å². The molecule has 0 heterocycles. The molecule has 0 aliphatic heterocycles. The first-order chi connectivity index (χ1) is 11.7. The molecule has 0 spiro atoms. The average molecular weight is 326 g/mol. The Morgan fingerprint density at radius 3 is 2.42 bits per heavy atom. The van der Waals surface area contributed by atoms with Crippen LogP contribution in [0.2, 0.25) is 0 Å². The summed E-state index contributed by atoms with van der Waals surface area (Å²) in [5.41, 5.74) is 1.79. The minimum atomic E-state index is -0.361. The minimum Gasteiger partial charge on any atom is -0.495 e. The number of ether oxygens (including phenoxy) is 1. The lowest BCUT2D eigenvalue weighted by atomic mass is 10.1. The maximum Gasteiger partial charge on any atom is 0.233 e. The van der Waals surface area contributed by atoms with E-state index in [2.05, 4.69) is 22.8 Å². The van der Waals surface area contributed by atoms with Crippen LogP contribution in [0.4, 0.5) is 5.69 Å². The molecule has 0 saturated heterocycles. The normalized spacial score (nSPS) is 10.0. The number of para-hydroxylation sites is 2. The zero-order valence-corrected chi connectivity index (χ0v) is 13.7. The summed E-state index contributed by atoms with van der Waals surface area (Å²) in [4.78, 5) is 23.7. The fourth-order valence-corrected chi connectivity index (χ4v) is 2.32. The van der Waals surface area contributed by atoms with E-state index in [-0.39, 0.29) is 18.2 Å². The van der Waals surface area contributed by atoms with Gasteiger partial charge in [0, 0.05) is 6.54 Å². The zero-order chi connectivity index (χ0) is 17.2. The third-order valence-electron chi connectivity index (χ3n) is 3.51. The van der Waals surface area contributed by atoms with E-state index in [1.807, 2.05) is 24.3 Å². The molecule has 0 bridgehead atoms. The molecular weight excluding hydrogens is 304 g/mol. The minimum absolute atomic E-state index is 0.205. The molecule has 0 aromatic heterocycles. The van der Waals surface area contributed by atoms with Gasteiger partial charge in [-0.25, -0.2) is 0 Å². The van der Waals surface area contributed by atoms with Gasteiger partial charge in [0.05, 0.1) is 12.8 Å². The molecular formula is C19H22N2O3. The number of benzene rings is 2. The lowest BCUT2D eigenvalue weighted by Gasteiger charge is -2.10. The van der Waals surface area contributed by atoms with Crippen molar-refractivity contribution >= 4 is 17.5 Å². The fourth-order valence-electron chi connectivity index (χ4n) is 2.32. The predicted octanol–water partition coefficient (Wildman–Crippen LogP) is 2.77. The molecule has 2 amide bonds. The number of amides is 2. The first-order valence-corrected chi connectivity index (χ1v) is 7.92. The molecule has 2 N–H and O–H groups in total. The molecule has 0 atom stereocenters. The molecule has 5 heteroatoms. The fraction of sp³-hybridized carbons (Fsp3) is 0.263. The van der Waals surface area contributed by atoms with Gasteiger partial charge in [0.15, 0.2) is 0 Å². The summed E-state index contributed by atoms with van der Waals surface area (Å²) < 4.78 is 5.16. The maximum atomic E-state index is 11.9. The van der Waals surface area contributed by atoms with Gasteiger partial charge < -0.3 is 15.4 Å². The summed E-state index contributed by atoms with van der Waals surface area (Å²) in [6.45, 7) is 0.551. The van der Waals surface area contributed by atoms with Crippen LogP contribution >= 0.6 is 0 Å². The van der Waals surface area contributed by atoms with E-state index in [0.29, 0.717) is 18.0 Å². The summed E-state index contributed by atoms with van der Waals surface area (Å²) >= 11 is 0. The van der Waals surface area contributed by atoms with Crippen LogP contribution in [-0.2, 0) is 16.0 Å². The number of methoxy groups -OCH3 is 1. The van der Waals surface area contributed by atoms with Crippen molar-refractivity contribution in [3.63, 3.8) is 0 Å².